The van der Waals surface area contributed by atoms with Crippen molar-refractivity contribution in [3.8, 4) is 0 Å². The van der Waals surface area contributed by atoms with Gasteiger partial charge in [-0.3, -0.25) is 14.4 Å². The molecule has 1 heterocycles. The zero-order valence-electron chi connectivity index (χ0n) is 13.3. The van der Waals surface area contributed by atoms with Gasteiger partial charge in [0.05, 0.1) is 0 Å². The van der Waals surface area contributed by atoms with Crippen molar-refractivity contribution in [1.29, 1.82) is 0 Å². The number of likely N-dealkylation sites (tertiary alicyclic amines) is 1. The van der Waals surface area contributed by atoms with Crippen molar-refractivity contribution in [3.05, 3.63) is 34.6 Å². The lowest BCUT2D eigenvalue weighted by molar-refractivity contribution is -0.153. The molecular weight excluding hydrogens is 337 g/mol. The molecule has 5 nitrogen and oxygen atoms in total. The molecule has 1 unspecified atom stereocenters. The highest BCUT2D eigenvalue weighted by molar-refractivity contribution is 6.30. The molecule has 0 aromatic heterocycles. The van der Waals surface area contributed by atoms with Crippen LogP contribution in [0.2, 0.25) is 5.02 Å². The third-order valence-electron chi connectivity index (χ3n) is 4.14. The van der Waals surface area contributed by atoms with E-state index in [1.54, 1.807) is 0 Å². The fourth-order valence-electron chi connectivity index (χ4n) is 2.75. The molecule has 130 valence electrons. The summed E-state index contributed by atoms with van der Waals surface area (Å²) in [6.07, 6.45) is 0.284. The van der Waals surface area contributed by atoms with E-state index in [0.717, 1.165) is 6.07 Å². The Kier molecular flexibility index (Phi) is 5.72. The minimum atomic E-state index is -2.05. The zero-order chi connectivity index (χ0) is 17.9. The Balaban J connectivity index is 1.98. The summed E-state index contributed by atoms with van der Waals surface area (Å²) in [5, 5.41) is 10.7. The predicted octanol–water partition coefficient (Wildman–Crippen LogP) is 1.92. The maximum Gasteiger partial charge on any atom is 0.262 e. The number of nitrogens with zero attached hydrogens (tertiary/aromatic N) is 1. The van der Waals surface area contributed by atoms with Gasteiger partial charge >= 0.3 is 0 Å². The largest absolute Gasteiger partial charge is 0.373 e. The van der Waals surface area contributed by atoms with Crippen molar-refractivity contribution in [3.63, 3.8) is 0 Å². The summed E-state index contributed by atoms with van der Waals surface area (Å²) in [7, 11) is 0. The van der Waals surface area contributed by atoms with Crippen molar-refractivity contribution in [1.82, 2.24) is 4.90 Å². The van der Waals surface area contributed by atoms with Gasteiger partial charge in [0.25, 0.3) is 5.91 Å². The van der Waals surface area contributed by atoms with Gasteiger partial charge in [-0.1, -0.05) is 11.6 Å². The normalized spacial score (nSPS) is 20.5. The maximum absolute atomic E-state index is 13.3. The standard InChI is InChI=1S/C17H19ClFNO4/c1-11(21)4-6-20-7-5-17(24,16(20)23)15(22)3-2-12-8-13(18)10-14(19)9-12/h8-10,24H,2-7H2,1H3. The molecule has 1 N–H and O–H groups in total. The third-order valence-corrected chi connectivity index (χ3v) is 4.36. The van der Waals surface area contributed by atoms with Crippen LogP contribution in [-0.4, -0.2) is 46.2 Å². The van der Waals surface area contributed by atoms with Crippen LogP contribution in [0.25, 0.3) is 0 Å². The molecule has 0 spiro atoms. The first-order chi connectivity index (χ1) is 11.2. The first-order valence-corrected chi connectivity index (χ1v) is 8.09. The summed E-state index contributed by atoms with van der Waals surface area (Å²) in [6.45, 7) is 1.85. The zero-order valence-corrected chi connectivity index (χ0v) is 14.1. The SMILES string of the molecule is CC(=O)CCN1CCC(O)(C(=O)CCc2cc(F)cc(Cl)c2)C1=O. The lowest BCUT2D eigenvalue weighted by atomic mass is 9.92. The molecule has 7 heteroatoms. The molecule has 1 atom stereocenters. The summed E-state index contributed by atoms with van der Waals surface area (Å²) in [5.41, 5.74) is -1.52. The average molecular weight is 356 g/mol. The number of hydrogen-bond acceptors (Lipinski definition) is 4. The minimum Gasteiger partial charge on any atom is -0.373 e. The molecule has 0 radical (unpaired) electrons. The number of Topliss-reactive ketones (excluding diaryl/α,β-unsaturated/α-hetero) is 2. The molecule has 0 bridgehead atoms. The van der Waals surface area contributed by atoms with Crippen LogP contribution in [0.1, 0.15) is 31.7 Å². The second-order valence-electron chi connectivity index (χ2n) is 6.06. The van der Waals surface area contributed by atoms with E-state index >= 15 is 0 Å². The number of halogens is 2. The van der Waals surface area contributed by atoms with Gasteiger partial charge in [0, 0.05) is 37.4 Å². The molecule has 1 aliphatic rings. The number of carbonyl (C=O) groups is 3. The highest BCUT2D eigenvalue weighted by Gasteiger charge is 2.50. The van der Waals surface area contributed by atoms with Gasteiger partial charge in [0.15, 0.2) is 5.78 Å². The van der Waals surface area contributed by atoms with Crippen LogP contribution < -0.4 is 0 Å². The lowest BCUT2D eigenvalue weighted by Crippen LogP contribution is -2.47. The van der Waals surface area contributed by atoms with E-state index < -0.39 is 23.1 Å². The summed E-state index contributed by atoms with van der Waals surface area (Å²) >= 11 is 5.76. The van der Waals surface area contributed by atoms with Crippen LogP contribution in [0.15, 0.2) is 18.2 Å². The second-order valence-corrected chi connectivity index (χ2v) is 6.49. The first-order valence-electron chi connectivity index (χ1n) is 7.72. The van der Waals surface area contributed by atoms with Crippen molar-refractivity contribution in [2.45, 2.75) is 38.2 Å². The van der Waals surface area contributed by atoms with Crippen molar-refractivity contribution in [2.75, 3.05) is 13.1 Å². The molecule has 0 saturated carbocycles. The molecule has 24 heavy (non-hydrogen) atoms. The molecule has 1 fully saturated rings. The van der Waals surface area contributed by atoms with Crippen molar-refractivity contribution in [2.24, 2.45) is 0 Å². The Morgan fingerprint density at radius 2 is 2.04 bits per heavy atom. The number of ketones is 2. The number of carbonyl (C=O) groups excluding carboxylic acids is 3. The Labute approximate surface area is 144 Å². The van der Waals surface area contributed by atoms with E-state index in [1.807, 2.05) is 0 Å². The molecule has 1 aromatic rings. The smallest absolute Gasteiger partial charge is 0.262 e. The molecule has 1 amide bonds. The predicted molar refractivity (Wildman–Crippen MR) is 86.2 cm³/mol. The summed E-state index contributed by atoms with van der Waals surface area (Å²) < 4.78 is 13.3. The first kappa shape index (κ1) is 18.5. The Morgan fingerprint density at radius 3 is 2.67 bits per heavy atom. The van der Waals surface area contributed by atoms with E-state index in [4.69, 9.17) is 11.6 Å². The van der Waals surface area contributed by atoms with Gasteiger partial charge in [0.2, 0.25) is 5.60 Å². The van der Waals surface area contributed by atoms with Crippen LogP contribution in [0.3, 0.4) is 0 Å². The average Bonchev–Trinajstić information content (AvgIpc) is 2.78. The molecule has 1 saturated heterocycles. The summed E-state index contributed by atoms with van der Waals surface area (Å²) in [6, 6.07) is 3.96. The van der Waals surface area contributed by atoms with Crippen molar-refractivity contribution < 1.29 is 23.9 Å². The number of rotatable bonds is 7. The van der Waals surface area contributed by atoms with E-state index in [9.17, 15) is 23.9 Å². The highest BCUT2D eigenvalue weighted by Crippen LogP contribution is 2.26. The van der Waals surface area contributed by atoms with E-state index in [0.29, 0.717) is 5.56 Å². The molecule has 2 rings (SSSR count). The number of hydrogen-bond donors (Lipinski definition) is 1. The van der Waals surface area contributed by atoms with Crippen LogP contribution in [0.5, 0.6) is 0 Å². The maximum atomic E-state index is 13.3. The van der Waals surface area contributed by atoms with Crippen LogP contribution >= 0.6 is 11.6 Å². The minimum absolute atomic E-state index is 0.00643. The van der Waals surface area contributed by atoms with Gasteiger partial charge in [-0.15, -0.1) is 0 Å². The van der Waals surface area contributed by atoms with Gasteiger partial charge in [-0.05, 0) is 37.1 Å². The fraction of sp³-hybridized carbons (Fsp3) is 0.471. The number of aryl methyl sites for hydroxylation is 1. The van der Waals surface area contributed by atoms with E-state index in [1.165, 1.54) is 24.0 Å². The quantitative estimate of drug-likeness (QED) is 0.758. The van der Waals surface area contributed by atoms with Crippen LogP contribution in [0.4, 0.5) is 4.39 Å². The number of benzene rings is 1. The lowest BCUT2D eigenvalue weighted by Gasteiger charge is -2.21. The summed E-state index contributed by atoms with van der Waals surface area (Å²) in [5.74, 6) is -1.83. The number of amides is 1. The van der Waals surface area contributed by atoms with Crippen LogP contribution in [0, 0.1) is 5.82 Å². The summed E-state index contributed by atoms with van der Waals surface area (Å²) in [4.78, 5) is 36.9. The van der Waals surface area contributed by atoms with E-state index in [2.05, 4.69) is 0 Å². The van der Waals surface area contributed by atoms with Gasteiger partial charge < -0.3 is 10.0 Å². The topological polar surface area (TPSA) is 74.7 Å². The molecule has 1 aromatic carbocycles. The highest BCUT2D eigenvalue weighted by atomic mass is 35.5. The van der Waals surface area contributed by atoms with Crippen LogP contribution in [-0.2, 0) is 20.8 Å². The monoisotopic (exact) mass is 355 g/mol. The molecular formula is C17H19ClFNO4. The van der Waals surface area contributed by atoms with Crippen molar-refractivity contribution >= 4 is 29.1 Å². The van der Waals surface area contributed by atoms with E-state index in [-0.39, 0.29) is 49.6 Å². The number of aliphatic hydroxyl groups is 1. The molecule has 1 aliphatic heterocycles. The molecule has 0 aliphatic carbocycles. The fourth-order valence-corrected chi connectivity index (χ4v) is 3.00. The van der Waals surface area contributed by atoms with Gasteiger partial charge in [-0.2, -0.15) is 0 Å². The van der Waals surface area contributed by atoms with Gasteiger partial charge in [0.1, 0.15) is 11.6 Å². The van der Waals surface area contributed by atoms with Gasteiger partial charge in [-0.25, -0.2) is 4.39 Å². The second kappa shape index (κ2) is 7.40. The Morgan fingerprint density at radius 1 is 1.33 bits per heavy atom. The Bertz CT molecular complexity index is 658. The Hall–Kier alpha value is -1.79. The third kappa shape index (κ3) is 4.19.